The van der Waals surface area contributed by atoms with Gasteiger partial charge in [0.1, 0.15) is 6.33 Å². The lowest BCUT2D eigenvalue weighted by molar-refractivity contribution is -0.119. The van der Waals surface area contributed by atoms with Crippen LogP contribution in [0.25, 0.3) is 5.65 Å². The number of esters is 1. The molecule has 0 aliphatic rings. The van der Waals surface area contributed by atoms with Crippen LogP contribution < -0.4 is 5.32 Å². The molecule has 0 saturated heterocycles. The van der Waals surface area contributed by atoms with E-state index < -0.39 is 18.5 Å². The van der Waals surface area contributed by atoms with Crippen molar-refractivity contribution >= 4 is 40.6 Å². The first-order chi connectivity index (χ1) is 15.0. The Morgan fingerprint density at radius 2 is 1.81 bits per heavy atom. The average Bonchev–Trinajstić information content (AvgIpc) is 3.26. The highest BCUT2D eigenvalue weighted by molar-refractivity contribution is 6.31. The molecule has 0 radical (unpaired) electrons. The van der Waals surface area contributed by atoms with Crippen LogP contribution in [0, 0.1) is 0 Å². The molecule has 1 N–H and O–H groups in total. The summed E-state index contributed by atoms with van der Waals surface area (Å²) in [5.74, 6) is -1.57. The van der Waals surface area contributed by atoms with Gasteiger partial charge in [0.15, 0.2) is 18.0 Å². The molecule has 0 bridgehead atoms. The smallest absolute Gasteiger partial charge is 0.340 e. The standard InChI is InChI=1S/C22H15ClN4O4/c23-16-7-8-18(17(10-16)21(29)14-4-2-1-3-5-14)25-20(28)12-31-22(30)15-6-9-19-26-24-13-27(19)11-15/h1-11,13H,12H2,(H,25,28). The van der Waals surface area contributed by atoms with Crippen LogP contribution in [0.2, 0.25) is 5.02 Å². The zero-order chi connectivity index (χ0) is 21.8. The third-order valence-corrected chi connectivity index (χ3v) is 4.63. The molecule has 0 aliphatic heterocycles. The number of nitrogens with one attached hydrogen (secondary N) is 1. The van der Waals surface area contributed by atoms with Crippen molar-refractivity contribution in [1.29, 1.82) is 0 Å². The number of carbonyl (C=O) groups excluding carboxylic acids is 3. The van der Waals surface area contributed by atoms with Gasteiger partial charge in [-0.05, 0) is 30.3 Å². The van der Waals surface area contributed by atoms with Crippen molar-refractivity contribution < 1.29 is 19.1 Å². The number of fused-ring (bicyclic) bond motifs is 1. The Morgan fingerprint density at radius 1 is 1.00 bits per heavy atom. The lowest BCUT2D eigenvalue weighted by Gasteiger charge is -2.11. The number of hydrogen-bond donors (Lipinski definition) is 1. The van der Waals surface area contributed by atoms with Gasteiger partial charge in [-0.15, -0.1) is 10.2 Å². The summed E-state index contributed by atoms with van der Waals surface area (Å²) in [6, 6.07) is 16.3. The fourth-order valence-electron chi connectivity index (χ4n) is 2.91. The van der Waals surface area contributed by atoms with Crippen molar-refractivity contribution in [3.8, 4) is 0 Å². The average molecular weight is 435 g/mol. The van der Waals surface area contributed by atoms with E-state index in [-0.39, 0.29) is 22.6 Å². The zero-order valence-electron chi connectivity index (χ0n) is 16.0. The summed E-state index contributed by atoms with van der Waals surface area (Å²) in [5.41, 5.74) is 1.77. The molecular formula is C22H15ClN4O4. The molecular weight excluding hydrogens is 420 g/mol. The van der Waals surface area contributed by atoms with E-state index in [4.69, 9.17) is 16.3 Å². The molecule has 0 unspecified atom stereocenters. The van der Waals surface area contributed by atoms with Gasteiger partial charge in [-0.3, -0.25) is 14.0 Å². The SMILES string of the molecule is O=C(COC(=O)c1ccc2nncn2c1)Nc1ccc(Cl)cc1C(=O)c1ccccc1. The summed E-state index contributed by atoms with van der Waals surface area (Å²) in [6.45, 7) is -0.527. The summed E-state index contributed by atoms with van der Waals surface area (Å²) < 4.78 is 6.64. The Morgan fingerprint density at radius 3 is 2.61 bits per heavy atom. The number of hydrogen-bond acceptors (Lipinski definition) is 6. The van der Waals surface area contributed by atoms with Crippen molar-refractivity contribution in [2.75, 3.05) is 11.9 Å². The van der Waals surface area contributed by atoms with Gasteiger partial charge in [0, 0.05) is 22.3 Å². The fraction of sp³-hybridized carbons (Fsp3) is 0.0455. The molecule has 2 aromatic carbocycles. The summed E-state index contributed by atoms with van der Waals surface area (Å²) >= 11 is 6.04. The molecule has 2 heterocycles. The Kier molecular flexibility index (Phi) is 5.72. The molecule has 0 atom stereocenters. The molecule has 8 nitrogen and oxygen atoms in total. The molecule has 154 valence electrons. The van der Waals surface area contributed by atoms with Crippen LogP contribution in [0.3, 0.4) is 0 Å². The van der Waals surface area contributed by atoms with Crippen LogP contribution in [0.4, 0.5) is 5.69 Å². The Bertz CT molecular complexity index is 1290. The minimum absolute atomic E-state index is 0.233. The van der Waals surface area contributed by atoms with Gasteiger partial charge < -0.3 is 10.1 Å². The van der Waals surface area contributed by atoms with Gasteiger partial charge in [0.25, 0.3) is 5.91 Å². The lowest BCUT2D eigenvalue weighted by Crippen LogP contribution is -2.22. The molecule has 4 aromatic rings. The van der Waals surface area contributed by atoms with E-state index in [2.05, 4.69) is 15.5 Å². The van der Waals surface area contributed by atoms with E-state index in [0.29, 0.717) is 16.2 Å². The van der Waals surface area contributed by atoms with E-state index in [1.54, 1.807) is 46.9 Å². The second kappa shape index (κ2) is 8.76. The number of amides is 1. The van der Waals surface area contributed by atoms with E-state index in [0.717, 1.165) is 0 Å². The zero-order valence-corrected chi connectivity index (χ0v) is 16.7. The normalized spacial score (nSPS) is 10.6. The Balaban J connectivity index is 1.44. The molecule has 4 rings (SSSR count). The maximum Gasteiger partial charge on any atom is 0.340 e. The summed E-state index contributed by atoms with van der Waals surface area (Å²) in [7, 11) is 0. The molecule has 0 fully saturated rings. The summed E-state index contributed by atoms with van der Waals surface area (Å²) in [6.07, 6.45) is 2.95. The maximum atomic E-state index is 12.8. The number of benzene rings is 2. The third-order valence-electron chi connectivity index (χ3n) is 4.40. The number of anilines is 1. The molecule has 2 aromatic heterocycles. The van der Waals surface area contributed by atoms with E-state index in [1.807, 2.05) is 0 Å². The number of aromatic nitrogens is 3. The van der Waals surface area contributed by atoms with Crippen LogP contribution >= 0.6 is 11.6 Å². The van der Waals surface area contributed by atoms with Crippen LogP contribution in [0.5, 0.6) is 0 Å². The largest absolute Gasteiger partial charge is 0.452 e. The topological polar surface area (TPSA) is 103 Å². The second-order valence-corrected chi connectivity index (χ2v) is 6.96. The first kappa shape index (κ1) is 20.2. The minimum Gasteiger partial charge on any atom is -0.452 e. The first-order valence-corrected chi connectivity index (χ1v) is 9.55. The van der Waals surface area contributed by atoms with Crippen molar-refractivity contribution in [3.63, 3.8) is 0 Å². The molecule has 0 saturated carbocycles. The van der Waals surface area contributed by atoms with Crippen molar-refractivity contribution in [2.45, 2.75) is 0 Å². The molecule has 9 heteroatoms. The predicted octanol–water partition coefficient (Wildman–Crippen LogP) is 3.41. The van der Waals surface area contributed by atoms with Gasteiger partial charge in [0.2, 0.25) is 0 Å². The van der Waals surface area contributed by atoms with Gasteiger partial charge in [-0.25, -0.2) is 4.79 Å². The molecule has 0 spiro atoms. The van der Waals surface area contributed by atoms with Gasteiger partial charge in [-0.2, -0.15) is 0 Å². The van der Waals surface area contributed by atoms with Crippen LogP contribution in [0.15, 0.2) is 73.2 Å². The highest BCUT2D eigenvalue weighted by atomic mass is 35.5. The second-order valence-electron chi connectivity index (χ2n) is 6.52. The highest BCUT2D eigenvalue weighted by Crippen LogP contribution is 2.23. The number of ketones is 1. The summed E-state index contributed by atoms with van der Waals surface area (Å²) in [4.78, 5) is 37.4. The van der Waals surface area contributed by atoms with E-state index in [9.17, 15) is 14.4 Å². The third kappa shape index (κ3) is 4.59. The lowest BCUT2D eigenvalue weighted by atomic mass is 10.0. The molecule has 31 heavy (non-hydrogen) atoms. The van der Waals surface area contributed by atoms with Crippen LogP contribution in [0.1, 0.15) is 26.3 Å². The van der Waals surface area contributed by atoms with Crippen molar-refractivity contribution in [3.05, 3.63) is 94.9 Å². The predicted molar refractivity (Wildman–Crippen MR) is 113 cm³/mol. The maximum absolute atomic E-state index is 12.8. The number of ether oxygens (including phenoxy) is 1. The number of halogens is 1. The van der Waals surface area contributed by atoms with Gasteiger partial charge in [-0.1, -0.05) is 41.9 Å². The molecule has 1 amide bonds. The van der Waals surface area contributed by atoms with Crippen LogP contribution in [-0.4, -0.2) is 38.9 Å². The van der Waals surface area contributed by atoms with Crippen molar-refractivity contribution in [2.24, 2.45) is 0 Å². The Hall–Kier alpha value is -4.04. The number of nitrogens with zero attached hydrogens (tertiary/aromatic N) is 3. The minimum atomic E-state index is -0.678. The summed E-state index contributed by atoms with van der Waals surface area (Å²) in [5, 5.41) is 10.5. The van der Waals surface area contributed by atoms with Crippen LogP contribution in [-0.2, 0) is 9.53 Å². The fourth-order valence-corrected chi connectivity index (χ4v) is 3.08. The first-order valence-electron chi connectivity index (χ1n) is 9.17. The quantitative estimate of drug-likeness (QED) is 0.368. The van der Waals surface area contributed by atoms with Gasteiger partial charge in [0.05, 0.1) is 11.3 Å². The highest BCUT2D eigenvalue weighted by Gasteiger charge is 2.17. The Labute approximate surface area is 181 Å². The number of rotatable bonds is 6. The van der Waals surface area contributed by atoms with E-state index in [1.165, 1.54) is 30.7 Å². The van der Waals surface area contributed by atoms with E-state index >= 15 is 0 Å². The number of pyridine rings is 1. The molecule has 0 aliphatic carbocycles. The van der Waals surface area contributed by atoms with Crippen molar-refractivity contribution in [1.82, 2.24) is 14.6 Å². The monoisotopic (exact) mass is 434 g/mol. The van der Waals surface area contributed by atoms with Gasteiger partial charge >= 0.3 is 5.97 Å². The number of carbonyl (C=O) groups is 3.